The van der Waals surface area contributed by atoms with Crippen LogP contribution in [0.5, 0.6) is 11.5 Å². The van der Waals surface area contributed by atoms with Crippen molar-refractivity contribution in [2.24, 2.45) is 10.7 Å². The molecule has 0 radical (unpaired) electrons. The normalized spacial score (nSPS) is 20.0. The van der Waals surface area contributed by atoms with Crippen molar-refractivity contribution >= 4 is 11.6 Å². The molecule has 0 unspecified atom stereocenters. The SMILES string of the molecule is COC1(CN=C(N)Nc2ccc3c(c2)OCCCO3)CCC1. The number of hydrogen-bond donors (Lipinski definition) is 2. The van der Waals surface area contributed by atoms with Gasteiger partial charge in [0.25, 0.3) is 0 Å². The highest BCUT2D eigenvalue weighted by molar-refractivity contribution is 5.92. The Hall–Kier alpha value is -1.95. The molecule has 0 atom stereocenters. The standard InChI is InChI=1S/C16H23N3O3/c1-20-16(6-2-7-16)11-18-15(17)19-12-4-5-13-14(10-12)22-9-3-8-21-13/h4-5,10H,2-3,6-9,11H2,1H3,(H3,17,18,19). The third-order valence-electron chi connectivity index (χ3n) is 4.26. The molecular weight excluding hydrogens is 282 g/mol. The van der Waals surface area contributed by atoms with E-state index >= 15 is 0 Å². The number of nitrogens with two attached hydrogens (primary N) is 1. The molecule has 3 N–H and O–H groups in total. The number of guanidine groups is 1. The van der Waals surface area contributed by atoms with Crippen LogP contribution in [-0.4, -0.2) is 38.4 Å². The van der Waals surface area contributed by atoms with E-state index in [2.05, 4.69) is 10.3 Å². The Bertz CT molecular complexity index is 550. The van der Waals surface area contributed by atoms with E-state index in [9.17, 15) is 0 Å². The van der Waals surface area contributed by atoms with Crippen molar-refractivity contribution in [3.05, 3.63) is 18.2 Å². The van der Waals surface area contributed by atoms with E-state index in [1.54, 1.807) is 7.11 Å². The van der Waals surface area contributed by atoms with E-state index in [0.29, 0.717) is 25.7 Å². The van der Waals surface area contributed by atoms with Gasteiger partial charge in [-0.15, -0.1) is 0 Å². The second kappa shape index (κ2) is 6.44. The molecule has 1 heterocycles. The number of aliphatic imine (C=N–C) groups is 1. The third kappa shape index (κ3) is 3.27. The summed E-state index contributed by atoms with van der Waals surface area (Å²) in [7, 11) is 1.74. The molecule has 3 rings (SSSR count). The van der Waals surface area contributed by atoms with Gasteiger partial charge in [0, 0.05) is 25.3 Å². The molecule has 0 saturated heterocycles. The zero-order valence-corrected chi connectivity index (χ0v) is 12.9. The van der Waals surface area contributed by atoms with Crippen molar-refractivity contribution in [1.82, 2.24) is 0 Å². The molecule has 1 aliphatic heterocycles. The van der Waals surface area contributed by atoms with Crippen molar-refractivity contribution in [2.45, 2.75) is 31.3 Å². The Kier molecular flexibility index (Phi) is 4.38. The number of hydrogen-bond acceptors (Lipinski definition) is 4. The van der Waals surface area contributed by atoms with Crippen LogP contribution in [0.2, 0.25) is 0 Å². The van der Waals surface area contributed by atoms with E-state index in [4.69, 9.17) is 19.9 Å². The van der Waals surface area contributed by atoms with Crippen LogP contribution in [0.1, 0.15) is 25.7 Å². The quantitative estimate of drug-likeness (QED) is 0.658. The number of methoxy groups -OCH3 is 1. The van der Waals surface area contributed by atoms with Gasteiger partial charge in [-0.2, -0.15) is 0 Å². The summed E-state index contributed by atoms with van der Waals surface area (Å²) in [5.41, 5.74) is 6.69. The van der Waals surface area contributed by atoms with Crippen LogP contribution in [-0.2, 0) is 4.74 Å². The summed E-state index contributed by atoms with van der Waals surface area (Å²) in [6.07, 6.45) is 4.17. The van der Waals surface area contributed by atoms with E-state index in [1.165, 1.54) is 6.42 Å². The fraction of sp³-hybridized carbons (Fsp3) is 0.562. The van der Waals surface area contributed by atoms with Crippen molar-refractivity contribution in [1.29, 1.82) is 0 Å². The monoisotopic (exact) mass is 305 g/mol. The van der Waals surface area contributed by atoms with Gasteiger partial charge in [0.2, 0.25) is 0 Å². The molecule has 2 aliphatic rings. The molecule has 1 aromatic carbocycles. The lowest BCUT2D eigenvalue weighted by Crippen LogP contribution is -2.43. The molecule has 6 nitrogen and oxygen atoms in total. The number of rotatable bonds is 4. The van der Waals surface area contributed by atoms with Gasteiger partial charge in [-0.05, 0) is 31.4 Å². The smallest absolute Gasteiger partial charge is 0.193 e. The zero-order chi connectivity index (χ0) is 15.4. The maximum Gasteiger partial charge on any atom is 0.193 e. The minimum Gasteiger partial charge on any atom is -0.490 e. The Morgan fingerprint density at radius 1 is 1.27 bits per heavy atom. The number of benzene rings is 1. The number of anilines is 1. The first-order chi connectivity index (χ1) is 10.7. The highest BCUT2D eigenvalue weighted by Gasteiger charge is 2.36. The summed E-state index contributed by atoms with van der Waals surface area (Å²) in [5.74, 6) is 1.90. The molecule has 1 aliphatic carbocycles. The predicted molar refractivity (Wildman–Crippen MR) is 85.8 cm³/mol. The van der Waals surface area contributed by atoms with Crippen LogP contribution < -0.4 is 20.5 Å². The van der Waals surface area contributed by atoms with Gasteiger partial charge in [0.1, 0.15) is 0 Å². The highest BCUT2D eigenvalue weighted by Crippen LogP contribution is 2.35. The van der Waals surface area contributed by atoms with Gasteiger partial charge >= 0.3 is 0 Å². The van der Waals surface area contributed by atoms with Crippen LogP contribution in [0, 0.1) is 0 Å². The summed E-state index contributed by atoms with van der Waals surface area (Å²) < 4.78 is 16.8. The predicted octanol–water partition coefficient (Wildman–Crippen LogP) is 2.14. The Morgan fingerprint density at radius 2 is 2.05 bits per heavy atom. The van der Waals surface area contributed by atoms with Crippen LogP contribution >= 0.6 is 0 Å². The Balaban J connectivity index is 1.63. The summed E-state index contributed by atoms with van der Waals surface area (Å²) in [6.45, 7) is 1.94. The van der Waals surface area contributed by atoms with Crippen LogP contribution in [0.15, 0.2) is 23.2 Å². The number of nitrogens with zero attached hydrogens (tertiary/aromatic N) is 1. The lowest BCUT2D eigenvalue weighted by atomic mass is 9.80. The Morgan fingerprint density at radius 3 is 2.73 bits per heavy atom. The van der Waals surface area contributed by atoms with Gasteiger partial charge in [0.15, 0.2) is 17.5 Å². The van der Waals surface area contributed by atoms with Gasteiger partial charge in [-0.3, -0.25) is 4.99 Å². The minimum absolute atomic E-state index is 0.114. The van der Waals surface area contributed by atoms with Crippen molar-refractivity contribution in [3.8, 4) is 11.5 Å². The van der Waals surface area contributed by atoms with Crippen LogP contribution in [0.3, 0.4) is 0 Å². The molecule has 0 amide bonds. The Labute approximate surface area is 130 Å². The van der Waals surface area contributed by atoms with Crippen molar-refractivity contribution < 1.29 is 14.2 Å². The summed E-state index contributed by atoms with van der Waals surface area (Å²) >= 11 is 0. The van der Waals surface area contributed by atoms with Gasteiger partial charge < -0.3 is 25.3 Å². The highest BCUT2D eigenvalue weighted by atomic mass is 16.5. The van der Waals surface area contributed by atoms with Gasteiger partial charge in [-0.25, -0.2) is 0 Å². The lowest BCUT2D eigenvalue weighted by molar-refractivity contribution is -0.0629. The molecule has 1 fully saturated rings. The fourth-order valence-corrected chi connectivity index (χ4v) is 2.66. The molecule has 1 saturated carbocycles. The van der Waals surface area contributed by atoms with Crippen molar-refractivity contribution in [2.75, 3.05) is 32.2 Å². The van der Waals surface area contributed by atoms with E-state index in [-0.39, 0.29) is 5.60 Å². The number of fused-ring (bicyclic) bond motifs is 1. The van der Waals surface area contributed by atoms with Gasteiger partial charge in [0.05, 0.1) is 25.4 Å². The summed E-state index contributed by atoms with van der Waals surface area (Å²) in [4.78, 5) is 4.40. The maximum atomic E-state index is 5.96. The molecular formula is C16H23N3O3. The van der Waals surface area contributed by atoms with Crippen molar-refractivity contribution in [3.63, 3.8) is 0 Å². The second-order valence-electron chi connectivity index (χ2n) is 5.78. The number of nitrogens with one attached hydrogen (secondary N) is 1. The third-order valence-corrected chi connectivity index (χ3v) is 4.26. The second-order valence-corrected chi connectivity index (χ2v) is 5.78. The molecule has 6 heteroatoms. The minimum atomic E-state index is -0.114. The van der Waals surface area contributed by atoms with E-state index in [0.717, 1.165) is 36.4 Å². The molecule has 22 heavy (non-hydrogen) atoms. The summed E-state index contributed by atoms with van der Waals surface area (Å²) in [5, 5.41) is 3.09. The molecule has 120 valence electrons. The topological polar surface area (TPSA) is 78.1 Å². The average molecular weight is 305 g/mol. The average Bonchev–Trinajstić information content (AvgIpc) is 2.71. The molecule has 0 aromatic heterocycles. The number of ether oxygens (including phenoxy) is 3. The van der Waals surface area contributed by atoms with Crippen LogP contribution in [0.4, 0.5) is 5.69 Å². The van der Waals surface area contributed by atoms with Gasteiger partial charge in [-0.1, -0.05) is 0 Å². The molecule has 0 bridgehead atoms. The summed E-state index contributed by atoms with van der Waals surface area (Å²) in [6, 6.07) is 5.68. The molecule has 1 aromatic rings. The largest absolute Gasteiger partial charge is 0.490 e. The fourth-order valence-electron chi connectivity index (χ4n) is 2.66. The lowest BCUT2D eigenvalue weighted by Gasteiger charge is -2.39. The first kappa shape index (κ1) is 15.0. The first-order valence-corrected chi connectivity index (χ1v) is 7.73. The van der Waals surface area contributed by atoms with E-state index in [1.807, 2.05) is 18.2 Å². The zero-order valence-electron chi connectivity index (χ0n) is 12.9. The first-order valence-electron chi connectivity index (χ1n) is 7.73. The maximum absolute atomic E-state index is 5.96. The molecule has 0 spiro atoms. The van der Waals surface area contributed by atoms with Crippen LogP contribution in [0.25, 0.3) is 0 Å². The van der Waals surface area contributed by atoms with E-state index < -0.39 is 0 Å².